The predicted octanol–water partition coefficient (Wildman–Crippen LogP) is 5.10. The van der Waals surface area contributed by atoms with Gasteiger partial charge >= 0.3 is 0 Å². The minimum atomic E-state index is -0.460. The van der Waals surface area contributed by atoms with Crippen LogP contribution >= 0.6 is 0 Å². The molecule has 1 aliphatic carbocycles. The molecule has 0 spiro atoms. The Hall–Kier alpha value is -2.62. The van der Waals surface area contributed by atoms with Crippen molar-refractivity contribution in [2.45, 2.75) is 84.3 Å². The highest BCUT2D eigenvalue weighted by Gasteiger charge is 2.30. The van der Waals surface area contributed by atoms with E-state index in [1.165, 1.54) is 19.3 Å². The molecule has 0 aliphatic heterocycles. The van der Waals surface area contributed by atoms with E-state index in [-0.39, 0.29) is 17.9 Å². The van der Waals surface area contributed by atoms with Crippen LogP contribution in [0.5, 0.6) is 0 Å². The van der Waals surface area contributed by atoms with E-state index in [0.29, 0.717) is 19.4 Å². The second kappa shape index (κ2) is 11.1. The van der Waals surface area contributed by atoms with E-state index in [1.54, 1.807) is 4.90 Å². The van der Waals surface area contributed by atoms with Gasteiger partial charge in [-0.25, -0.2) is 0 Å². The number of benzene rings is 2. The zero-order valence-corrected chi connectivity index (χ0v) is 19.2. The Morgan fingerprint density at radius 3 is 2.10 bits per heavy atom. The first-order valence-corrected chi connectivity index (χ1v) is 11.7. The van der Waals surface area contributed by atoms with Gasteiger partial charge in [-0.05, 0) is 55.4 Å². The fraction of sp³-hybridized carbons (Fsp3) is 0.481. The molecule has 1 unspecified atom stereocenters. The Morgan fingerprint density at radius 1 is 0.935 bits per heavy atom. The first-order valence-electron chi connectivity index (χ1n) is 11.7. The van der Waals surface area contributed by atoms with E-state index < -0.39 is 6.04 Å². The van der Waals surface area contributed by atoms with Gasteiger partial charge in [0, 0.05) is 12.6 Å². The van der Waals surface area contributed by atoms with Gasteiger partial charge < -0.3 is 10.2 Å². The van der Waals surface area contributed by atoms with E-state index >= 15 is 0 Å². The third kappa shape index (κ3) is 6.19. The maximum absolute atomic E-state index is 13.5. The highest BCUT2D eigenvalue weighted by atomic mass is 16.2. The molecular formula is C27H36N2O2. The minimum absolute atomic E-state index is 0.00296. The van der Waals surface area contributed by atoms with E-state index in [0.717, 1.165) is 35.1 Å². The second-order valence-electron chi connectivity index (χ2n) is 8.82. The summed E-state index contributed by atoms with van der Waals surface area (Å²) in [6.45, 7) is 6.54. The number of rotatable bonds is 8. The number of aryl methyl sites for hydroxylation is 2. The Bertz CT molecular complexity index is 886. The van der Waals surface area contributed by atoms with Crippen molar-refractivity contribution in [3.8, 4) is 0 Å². The fourth-order valence-electron chi connectivity index (χ4n) is 4.51. The molecule has 31 heavy (non-hydrogen) atoms. The van der Waals surface area contributed by atoms with Crippen molar-refractivity contribution in [3.05, 3.63) is 70.8 Å². The molecule has 4 heteroatoms. The maximum atomic E-state index is 13.5. The van der Waals surface area contributed by atoms with Crippen molar-refractivity contribution in [1.29, 1.82) is 0 Å². The molecule has 3 rings (SSSR count). The van der Waals surface area contributed by atoms with Gasteiger partial charge in [-0.2, -0.15) is 0 Å². The molecule has 0 saturated heterocycles. The van der Waals surface area contributed by atoms with Crippen LogP contribution in [0.1, 0.15) is 67.7 Å². The standard InChI is InChI=1S/C27H36N2O2/c1-4-25(27(31)28-24-16-6-5-7-17-24)29(19-23-15-11-9-13-21(23)3)26(30)18-22-14-10-8-12-20(22)2/h8-15,24-25H,4-7,16-19H2,1-3H3,(H,28,31). The van der Waals surface area contributed by atoms with Crippen LogP contribution in [-0.2, 0) is 22.6 Å². The van der Waals surface area contributed by atoms with Crippen molar-refractivity contribution < 1.29 is 9.59 Å². The van der Waals surface area contributed by atoms with Crippen LogP contribution in [-0.4, -0.2) is 28.8 Å². The lowest BCUT2D eigenvalue weighted by atomic mass is 9.95. The number of carbonyl (C=O) groups excluding carboxylic acids is 2. The summed E-state index contributed by atoms with van der Waals surface area (Å²) in [5, 5.41) is 3.25. The third-order valence-electron chi connectivity index (χ3n) is 6.54. The van der Waals surface area contributed by atoms with Crippen LogP contribution in [0.15, 0.2) is 48.5 Å². The molecule has 1 aliphatic rings. The minimum Gasteiger partial charge on any atom is -0.352 e. The quantitative estimate of drug-likeness (QED) is 0.646. The normalized spacial score (nSPS) is 15.3. The topological polar surface area (TPSA) is 49.4 Å². The Labute approximate surface area is 187 Å². The van der Waals surface area contributed by atoms with Crippen LogP contribution in [0.25, 0.3) is 0 Å². The van der Waals surface area contributed by atoms with Gasteiger partial charge in [-0.1, -0.05) is 74.7 Å². The van der Waals surface area contributed by atoms with Crippen molar-refractivity contribution in [1.82, 2.24) is 10.2 Å². The van der Waals surface area contributed by atoms with Gasteiger partial charge in [0.25, 0.3) is 0 Å². The molecule has 2 amide bonds. The number of amides is 2. The van der Waals surface area contributed by atoms with Crippen LogP contribution < -0.4 is 5.32 Å². The lowest BCUT2D eigenvalue weighted by molar-refractivity contribution is -0.141. The smallest absolute Gasteiger partial charge is 0.243 e. The van der Waals surface area contributed by atoms with E-state index in [4.69, 9.17) is 0 Å². The number of nitrogens with zero attached hydrogens (tertiary/aromatic N) is 1. The molecule has 1 fully saturated rings. The van der Waals surface area contributed by atoms with Crippen LogP contribution in [0.3, 0.4) is 0 Å². The summed E-state index contributed by atoms with van der Waals surface area (Å²) in [5.74, 6) is -0.00989. The predicted molar refractivity (Wildman–Crippen MR) is 126 cm³/mol. The zero-order valence-electron chi connectivity index (χ0n) is 19.2. The summed E-state index contributed by atoms with van der Waals surface area (Å²) in [4.78, 5) is 28.6. The van der Waals surface area contributed by atoms with Gasteiger partial charge in [0.1, 0.15) is 6.04 Å². The Kier molecular flexibility index (Phi) is 8.27. The second-order valence-corrected chi connectivity index (χ2v) is 8.82. The fourth-order valence-corrected chi connectivity index (χ4v) is 4.51. The molecule has 0 aromatic heterocycles. The molecule has 0 radical (unpaired) electrons. The number of carbonyl (C=O) groups is 2. The van der Waals surface area contributed by atoms with Crippen molar-refractivity contribution in [2.24, 2.45) is 0 Å². The molecule has 2 aromatic rings. The third-order valence-corrected chi connectivity index (χ3v) is 6.54. The zero-order chi connectivity index (χ0) is 22.2. The highest BCUT2D eigenvalue weighted by molar-refractivity contribution is 5.88. The molecule has 0 bridgehead atoms. The van der Waals surface area contributed by atoms with Crippen LogP contribution in [0.4, 0.5) is 0 Å². The Morgan fingerprint density at radius 2 is 1.52 bits per heavy atom. The largest absolute Gasteiger partial charge is 0.352 e. The first kappa shape index (κ1) is 23.1. The number of nitrogens with one attached hydrogen (secondary N) is 1. The molecule has 1 atom stereocenters. The van der Waals surface area contributed by atoms with Crippen molar-refractivity contribution >= 4 is 11.8 Å². The number of hydrogen-bond donors (Lipinski definition) is 1. The monoisotopic (exact) mass is 420 g/mol. The van der Waals surface area contributed by atoms with Gasteiger partial charge in [-0.15, -0.1) is 0 Å². The first-order chi connectivity index (χ1) is 15.0. The van der Waals surface area contributed by atoms with Crippen molar-refractivity contribution in [3.63, 3.8) is 0 Å². The summed E-state index contributed by atoms with van der Waals surface area (Å²) in [6.07, 6.45) is 6.57. The van der Waals surface area contributed by atoms with Gasteiger partial charge in [0.2, 0.25) is 11.8 Å². The van der Waals surface area contributed by atoms with E-state index in [2.05, 4.69) is 24.4 Å². The SMILES string of the molecule is CCC(C(=O)NC1CCCCC1)N(Cc1ccccc1C)C(=O)Cc1ccccc1C. The summed E-state index contributed by atoms with van der Waals surface area (Å²) in [6, 6.07) is 15.9. The lowest BCUT2D eigenvalue weighted by Gasteiger charge is -2.33. The summed E-state index contributed by atoms with van der Waals surface area (Å²) in [7, 11) is 0. The summed E-state index contributed by atoms with van der Waals surface area (Å²) in [5.41, 5.74) is 4.35. The van der Waals surface area contributed by atoms with Gasteiger partial charge in [0.05, 0.1) is 6.42 Å². The van der Waals surface area contributed by atoms with E-state index in [9.17, 15) is 9.59 Å². The molecular weight excluding hydrogens is 384 g/mol. The van der Waals surface area contributed by atoms with Gasteiger partial charge in [-0.3, -0.25) is 9.59 Å². The molecule has 4 nitrogen and oxygen atoms in total. The van der Waals surface area contributed by atoms with Crippen LogP contribution in [0, 0.1) is 13.8 Å². The highest BCUT2D eigenvalue weighted by Crippen LogP contribution is 2.20. The molecule has 1 saturated carbocycles. The molecule has 0 heterocycles. The van der Waals surface area contributed by atoms with Crippen molar-refractivity contribution in [2.75, 3.05) is 0 Å². The molecule has 166 valence electrons. The number of hydrogen-bond acceptors (Lipinski definition) is 2. The molecule has 2 aromatic carbocycles. The summed E-state index contributed by atoms with van der Waals surface area (Å²) < 4.78 is 0. The molecule has 1 N–H and O–H groups in total. The summed E-state index contributed by atoms with van der Waals surface area (Å²) >= 11 is 0. The van der Waals surface area contributed by atoms with Gasteiger partial charge in [0.15, 0.2) is 0 Å². The van der Waals surface area contributed by atoms with E-state index in [1.807, 2.05) is 50.2 Å². The van der Waals surface area contributed by atoms with Crippen LogP contribution in [0.2, 0.25) is 0 Å². The Balaban J connectivity index is 1.83. The average Bonchev–Trinajstić information content (AvgIpc) is 2.77. The lowest BCUT2D eigenvalue weighted by Crippen LogP contribution is -2.52. The average molecular weight is 421 g/mol. The maximum Gasteiger partial charge on any atom is 0.243 e.